The number of nitrogens with zero attached hydrogens (tertiary/aromatic N) is 1. The van der Waals surface area contributed by atoms with Gasteiger partial charge in [-0.1, -0.05) is 36.4 Å². The molecule has 0 fully saturated rings. The molecule has 0 saturated heterocycles. The summed E-state index contributed by atoms with van der Waals surface area (Å²) >= 11 is 3.27. The molecule has 86 valence electrons. The molecule has 1 N–H and O–H groups in total. The molecule has 2 aromatic carbocycles. The van der Waals surface area contributed by atoms with Gasteiger partial charge in [0.05, 0.1) is 11.0 Å². The Hall–Kier alpha value is -1.61. The number of hydrogen-bond acceptors (Lipinski definition) is 2. The van der Waals surface area contributed by atoms with Crippen LogP contribution < -0.4 is 0 Å². The molecule has 0 heterocycles. The first-order chi connectivity index (χ1) is 8.27. The SMILES string of the molecule is Oc1c(Br)cccc1C=NCc1ccccc1. The minimum absolute atomic E-state index is 0.226. The lowest BCUT2D eigenvalue weighted by atomic mass is 10.2. The van der Waals surface area contributed by atoms with E-state index >= 15 is 0 Å². The zero-order valence-corrected chi connectivity index (χ0v) is 10.8. The summed E-state index contributed by atoms with van der Waals surface area (Å²) in [5.74, 6) is 0.226. The van der Waals surface area contributed by atoms with E-state index in [-0.39, 0.29) is 5.75 Å². The molecule has 2 rings (SSSR count). The van der Waals surface area contributed by atoms with E-state index in [4.69, 9.17) is 0 Å². The molecule has 0 spiro atoms. The van der Waals surface area contributed by atoms with E-state index in [1.54, 1.807) is 12.3 Å². The number of aliphatic imine (C=N–C) groups is 1. The van der Waals surface area contributed by atoms with E-state index in [9.17, 15) is 5.11 Å². The summed E-state index contributed by atoms with van der Waals surface area (Å²) in [6, 6.07) is 15.5. The number of hydrogen-bond donors (Lipinski definition) is 1. The highest BCUT2D eigenvalue weighted by Gasteiger charge is 2.01. The van der Waals surface area contributed by atoms with Gasteiger partial charge in [-0.3, -0.25) is 4.99 Å². The van der Waals surface area contributed by atoms with Crippen LogP contribution in [-0.4, -0.2) is 11.3 Å². The Morgan fingerprint density at radius 1 is 1.06 bits per heavy atom. The van der Waals surface area contributed by atoms with Crippen LogP contribution >= 0.6 is 15.9 Å². The van der Waals surface area contributed by atoms with E-state index < -0.39 is 0 Å². The molecule has 0 amide bonds. The van der Waals surface area contributed by atoms with Gasteiger partial charge in [0.25, 0.3) is 0 Å². The molecule has 0 saturated carbocycles. The lowest BCUT2D eigenvalue weighted by molar-refractivity contribution is 0.471. The number of para-hydroxylation sites is 1. The van der Waals surface area contributed by atoms with Crippen molar-refractivity contribution in [2.45, 2.75) is 6.54 Å². The number of benzene rings is 2. The molecule has 0 unspecified atom stereocenters. The molecule has 3 heteroatoms. The third-order valence-corrected chi connectivity index (χ3v) is 3.00. The molecule has 2 nitrogen and oxygen atoms in total. The van der Waals surface area contributed by atoms with Crippen LogP contribution in [0, 0.1) is 0 Å². The van der Waals surface area contributed by atoms with Crippen molar-refractivity contribution in [3.63, 3.8) is 0 Å². The van der Waals surface area contributed by atoms with Crippen molar-refractivity contribution in [2.75, 3.05) is 0 Å². The average Bonchev–Trinajstić information content (AvgIpc) is 2.36. The lowest BCUT2D eigenvalue weighted by Crippen LogP contribution is -1.85. The highest BCUT2D eigenvalue weighted by Crippen LogP contribution is 2.26. The van der Waals surface area contributed by atoms with Crippen LogP contribution in [0.1, 0.15) is 11.1 Å². The van der Waals surface area contributed by atoms with Gasteiger partial charge in [-0.2, -0.15) is 0 Å². The van der Waals surface area contributed by atoms with Crippen LogP contribution in [0.4, 0.5) is 0 Å². The second kappa shape index (κ2) is 5.64. The lowest BCUT2D eigenvalue weighted by Gasteiger charge is -2.00. The zero-order valence-electron chi connectivity index (χ0n) is 9.18. The summed E-state index contributed by atoms with van der Waals surface area (Å²) in [5, 5.41) is 9.76. The largest absolute Gasteiger partial charge is 0.506 e. The highest BCUT2D eigenvalue weighted by molar-refractivity contribution is 9.10. The van der Waals surface area contributed by atoms with E-state index in [1.807, 2.05) is 42.5 Å². The fourth-order valence-corrected chi connectivity index (χ4v) is 1.85. The van der Waals surface area contributed by atoms with Gasteiger partial charge in [-0.05, 0) is 33.6 Å². The Kier molecular flexibility index (Phi) is 3.94. The van der Waals surface area contributed by atoms with E-state index in [2.05, 4.69) is 20.9 Å². The second-order valence-electron chi connectivity index (χ2n) is 3.63. The van der Waals surface area contributed by atoms with Crippen molar-refractivity contribution >= 4 is 22.1 Å². The molecule has 0 aliphatic carbocycles. The smallest absolute Gasteiger partial charge is 0.138 e. The maximum atomic E-state index is 9.76. The Morgan fingerprint density at radius 2 is 1.82 bits per heavy atom. The molecule has 0 radical (unpaired) electrons. The predicted octanol–water partition coefficient (Wildman–Crippen LogP) is 3.77. The maximum absolute atomic E-state index is 9.76. The minimum Gasteiger partial charge on any atom is -0.506 e. The van der Waals surface area contributed by atoms with Gasteiger partial charge >= 0.3 is 0 Å². The zero-order chi connectivity index (χ0) is 12.1. The fraction of sp³-hybridized carbons (Fsp3) is 0.0714. The van der Waals surface area contributed by atoms with Gasteiger partial charge in [0.15, 0.2) is 0 Å². The summed E-state index contributed by atoms with van der Waals surface area (Å²) < 4.78 is 0.682. The quantitative estimate of drug-likeness (QED) is 0.857. The van der Waals surface area contributed by atoms with Crippen LogP contribution in [0.15, 0.2) is 58.0 Å². The molecular weight excluding hydrogens is 278 g/mol. The van der Waals surface area contributed by atoms with Gasteiger partial charge in [-0.15, -0.1) is 0 Å². The fourth-order valence-electron chi connectivity index (χ4n) is 1.47. The molecule has 0 atom stereocenters. The standard InChI is InChI=1S/C14H12BrNO/c15-13-8-4-7-12(14(13)17)10-16-9-11-5-2-1-3-6-11/h1-8,10,17H,9H2. The third-order valence-electron chi connectivity index (χ3n) is 2.37. The molecule has 2 aromatic rings. The number of phenols is 1. The Bertz CT molecular complexity index is 523. The van der Waals surface area contributed by atoms with Crippen molar-refractivity contribution in [2.24, 2.45) is 4.99 Å². The number of aromatic hydroxyl groups is 1. The summed E-state index contributed by atoms with van der Waals surface area (Å²) in [6.07, 6.45) is 1.69. The average molecular weight is 290 g/mol. The van der Waals surface area contributed by atoms with Crippen LogP contribution in [0.25, 0.3) is 0 Å². The number of rotatable bonds is 3. The molecule has 0 aromatic heterocycles. The monoisotopic (exact) mass is 289 g/mol. The van der Waals surface area contributed by atoms with Crippen molar-refractivity contribution in [3.05, 3.63) is 64.1 Å². The van der Waals surface area contributed by atoms with Crippen LogP contribution in [0.3, 0.4) is 0 Å². The minimum atomic E-state index is 0.226. The first kappa shape index (κ1) is 11.9. The maximum Gasteiger partial charge on any atom is 0.138 e. The summed E-state index contributed by atoms with van der Waals surface area (Å²) in [7, 11) is 0. The third kappa shape index (κ3) is 3.17. The van der Waals surface area contributed by atoms with E-state index in [0.29, 0.717) is 11.0 Å². The molecule has 0 aliphatic heterocycles. The summed E-state index contributed by atoms with van der Waals surface area (Å²) in [6.45, 7) is 0.618. The predicted molar refractivity (Wildman–Crippen MR) is 73.5 cm³/mol. The van der Waals surface area contributed by atoms with Crippen molar-refractivity contribution in [1.29, 1.82) is 0 Å². The summed E-state index contributed by atoms with van der Waals surface area (Å²) in [4.78, 5) is 4.31. The van der Waals surface area contributed by atoms with E-state index in [0.717, 1.165) is 11.1 Å². The Morgan fingerprint density at radius 3 is 2.59 bits per heavy atom. The molecule has 0 bridgehead atoms. The van der Waals surface area contributed by atoms with Crippen LogP contribution in [0.5, 0.6) is 5.75 Å². The van der Waals surface area contributed by atoms with Gasteiger partial charge in [0.2, 0.25) is 0 Å². The normalized spacial score (nSPS) is 10.9. The number of halogens is 1. The highest BCUT2D eigenvalue weighted by atomic mass is 79.9. The molecule has 17 heavy (non-hydrogen) atoms. The van der Waals surface area contributed by atoms with Gasteiger partial charge in [0, 0.05) is 11.8 Å². The van der Waals surface area contributed by atoms with Gasteiger partial charge in [-0.25, -0.2) is 0 Å². The summed E-state index contributed by atoms with van der Waals surface area (Å²) in [5.41, 5.74) is 1.87. The molecule has 0 aliphatic rings. The van der Waals surface area contributed by atoms with Gasteiger partial charge < -0.3 is 5.11 Å². The van der Waals surface area contributed by atoms with Crippen LogP contribution in [0.2, 0.25) is 0 Å². The Balaban J connectivity index is 2.09. The topological polar surface area (TPSA) is 32.6 Å². The first-order valence-corrected chi connectivity index (χ1v) is 6.08. The second-order valence-corrected chi connectivity index (χ2v) is 4.49. The molecular formula is C14H12BrNO. The first-order valence-electron chi connectivity index (χ1n) is 5.28. The van der Waals surface area contributed by atoms with Crippen molar-refractivity contribution < 1.29 is 5.11 Å². The Labute approximate surface area is 109 Å². The van der Waals surface area contributed by atoms with E-state index in [1.165, 1.54) is 0 Å². The van der Waals surface area contributed by atoms with Crippen LogP contribution in [-0.2, 0) is 6.54 Å². The van der Waals surface area contributed by atoms with Crippen molar-refractivity contribution in [3.8, 4) is 5.75 Å². The van der Waals surface area contributed by atoms with Gasteiger partial charge in [0.1, 0.15) is 5.75 Å². The van der Waals surface area contributed by atoms with Crippen molar-refractivity contribution in [1.82, 2.24) is 0 Å². The number of phenolic OH excluding ortho intramolecular Hbond substituents is 1.